The third kappa shape index (κ3) is 1.86. The SMILES string of the molecule is Cc1cccc2c1OCN(C)CC2(C)C. The first-order valence-electron chi connectivity index (χ1n) is 5.42. The Kier molecular flexibility index (Phi) is 2.47. The normalized spacial score (nSPS) is 20.3. The van der Waals surface area contributed by atoms with Gasteiger partial charge in [-0.15, -0.1) is 0 Å². The first-order valence-corrected chi connectivity index (χ1v) is 5.42. The molecule has 0 spiro atoms. The van der Waals surface area contributed by atoms with Crippen LogP contribution >= 0.6 is 0 Å². The minimum Gasteiger partial charge on any atom is -0.478 e. The molecule has 2 rings (SSSR count). The van der Waals surface area contributed by atoms with Crippen LogP contribution < -0.4 is 4.74 Å². The van der Waals surface area contributed by atoms with E-state index in [0.29, 0.717) is 6.73 Å². The molecule has 15 heavy (non-hydrogen) atoms. The maximum absolute atomic E-state index is 5.85. The second-order valence-corrected chi connectivity index (χ2v) is 5.12. The van der Waals surface area contributed by atoms with Crippen LogP contribution in [0.4, 0.5) is 0 Å². The first-order chi connectivity index (χ1) is 7.00. The van der Waals surface area contributed by atoms with Crippen molar-refractivity contribution >= 4 is 0 Å². The lowest BCUT2D eigenvalue weighted by molar-refractivity contribution is 0.150. The van der Waals surface area contributed by atoms with E-state index in [1.807, 2.05) is 0 Å². The van der Waals surface area contributed by atoms with Crippen LogP contribution in [0.5, 0.6) is 5.75 Å². The minimum absolute atomic E-state index is 0.159. The van der Waals surface area contributed by atoms with E-state index < -0.39 is 0 Å². The highest BCUT2D eigenvalue weighted by Gasteiger charge is 2.29. The maximum atomic E-state index is 5.85. The average Bonchev–Trinajstić information content (AvgIpc) is 2.24. The van der Waals surface area contributed by atoms with Crippen LogP contribution in [0, 0.1) is 6.92 Å². The van der Waals surface area contributed by atoms with Crippen molar-refractivity contribution in [2.24, 2.45) is 0 Å². The van der Waals surface area contributed by atoms with Gasteiger partial charge in [0.1, 0.15) is 12.5 Å². The molecule has 1 heterocycles. The van der Waals surface area contributed by atoms with E-state index in [2.05, 4.69) is 50.9 Å². The zero-order chi connectivity index (χ0) is 11.1. The van der Waals surface area contributed by atoms with Gasteiger partial charge in [-0.3, -0.25) is 4.90 Å². The zero-order valence-corrected chi connectivity index (χ0v) is 10.0. The van der Waals surface area contributed by atoms with Gasteiger partial charge in [-0.25, -0.2) is 0 Å². The van der Waals surface area contributed by atoms with E-state index in [0.717, 1.165) is 12.3 Å². The Bertz CT molecular complexity index is 371. The van der Waals surface area contributed by atoms with Crippen LogP contribution in [0.25, 0.3) is 0 Å². The molecular formula is C13H19NO. The van der Waals surface area contributed by atoms with Gasteiger partial charge in [0.2, 0.25) is 0 Å². The Hall–Kier alpha value is -1.02. The molecule has 0 aromatic heterocycles. The van der Waals surface area contributed by atoms with Crippen molar-refractivity contribution in [1.29, 1.82) is 0 Å². The monoisotopic (exact) mass is 205 g/mol. The molecule has 0 unspecified atom stereocenters. The Morgan fingerprint density at radius 2 is 2.07 bits per heavy atom. The number of para-hydroxylation sites is 1. The van der Waals surface area contributed by atoms with Gasteiger partial charge >= 0.3 is 0 Å². The second kappa shape index (κ2) is 3.53. The number of fused-ring (bicyclic) bond motifs is 1. The van der Waals surface area contributed by atoms with Crippen molar-refractivity contribution in [1.82, 2.24) is 4.90 Å². The number of likely N-dealkylation sites (N-methyl/N-ethyl adjacent to an activating group) is 1. The first kappa shape index (κ1) is 10.5. The Morgan fingerprint density at radius 1 is 1.33 bits per heavy atom. The fourth-order valence-corrected chi connectivity index (χ4v) is 2.36. The van der Waals surface area contributed by atoms with E-state index in [1.165, 1.54) is 11.1 Å². The number of hydrogen-bond donors (Lipinski definition) is 0. The van der Waals surface area contributed by atoms with Gasteiger partial charge in [0.15, 0.2) is 0 Å². The van der Waals surface area contributed by atoms with Crippen molar-refractivity contribution in [3.05, 3.63) is 29.3 Å². The Labute approximate surface area is 91.9 Å². The van der Waals surface area contributed by atoms with Gasteiger partial charge in [-0.2, -0.15) is 0 Å². The van der Waals surface area contributed by atoms with Gasteiger partial charge < -0.3 is 4.74 Å². The van der Waals surface area contributed by atoms with Crippen LogP contribution in [0.3, 0.4) is 0 Å². The van der Waals surface area contributed by atoms with Crippen molar-refractivity contribution in [2.75, 3.05) is 20.3 Å². The van der Waals surface area contributed by atoms with Crippen molar-refractivity contribution in [3.63, 3.8) is 0 Å². The van der Waals surface area contributed by atoms with Crippen LogP contribution in [0.2, 0.25) is 0 Å². The summed E-state index contributed by atoms with van der Waals surface area (Å²) in [5.74, 6) is 1.08. The lowest BCUT2D eigenvalue weighted by Crippen LogP contribution is -2.33. The van der Waals surface area contributed by atoms with Crippen LogP contribution in [-0.4, -0.2) is 25.2 Å². The molecule has 82 valence electrons. The van der Waals surface area contributed by atoms with Gasteiger partial charge in [0, 0.05) is 17.5 Å². The van der Waals surface area contributed by atoms with Crippen molar-refractivity contribution < 1.29 is 4.74 Å². The fourth-order valence-electron chi connectivity index (χ4n) is 2.36. The predicted molar refractivity (Wildman–Crippen MR) is 62.3 cm³/mol. The fraction of sp³-hybridized carbons (Fsp3) is 0.538. The third-order valence-corrected chi connectivity index (χ3v) is 3.04. The highest BCUT2D eigenvalue weighted by molar-refractivity contribution is 5.45. The second-order valence-electron chi connectivity index (χ2n) is 5.12. The number of benzene rings is 1. The van der Waals surface area contributed by atoms with E-state index in [9.17, 15) is 0 Å². The molecule has 0 aliphatic carbocycles. The molecule has 0 saturated heterocycles. The van der Waals surface area contributed by atoms with Crippen LogP contribution in [0.15, 0.2) is 18.2 Å². The number of hydrogen-bond acceptors (Lipinski definition) is 2. The van der Waals surface area contributed by atoms with Crippen LogP contribution in [-0.2, 0) is 5.41 Å². The number of nitrogens with zero attached hydrogens (tertiary/aromatic N) is 1. The number of ether oxygens (including phenoxy) is 1. The van der Waals surface area contributed by atoms with Gasteiger partial charge in [0.25, 0.3) is 0 Å². The summed E-state index contributed by atoms with van der Waals surface area (Å²) in [4.78, 5) is 2.22. The molecule has 0 fully saturated rings. The Morgan fingerprint density at radius 3 is 2.80 bits per heavy atom. The summed E-state index contributed by atoms with van der Waals surface area (Å²) < 4.78 is 5.85. The predicted octanol–water partition coefficient (Wildman–Crippen LogP) is 2.55. The summed E-state index contributed by atoms with van der Waals surface area (Å²) in [6.07, 6.45) is 0. The summed E-state index contributed by atoms with van der Waals surface area (Å²) in [7, 11) is 2.10. The summed E-state index contributed by atoms with van der Waals surface area (Å²) in [6, 6.07) is 6.41. The van der Waals surface area contributed by atoms with Crippen molar-refractivity contribution in [2.45, 2.75) is 26.2 Å². The maximum Gasteiger partial charge on any atom is 0.141 e. The van der Waals surface area contributed by atoms with Gasteiger partial charge in [-0.05, 0) is 19.5 Å². The molecule has 1 aromatic carbocycles. The quantitative estimate of drug-likeness (QED) is 0.645. The van der Waals surface area contributed by atoms with E-state index in [1.54, 1.807) is 0 Å². The third-order valence-electron chi connectivity index (χ3n) is 3.04. The zero-order valence-electron chi connectivity index (χ0n) is 10.0. The molecule has 2 nitrogen and oxygen atoms in total. The van der Waals surface area contributed by atoms with E-state index in [-0.39, 0.29) is 5.41 Å². The average molecular weight is 205 g/mol. The summed E-state index contributed by atoms with van der Waals surface area (Å²) in [5, 5.41) is 0. The Balaban J connectivity index is 2.53. The summed E-state index contributed by atoms with van der Waals surface area (Å²) in [5.41, 5.74) is 2.72. The molecule has 0 N–H and O–H groups in total. The van der Waals surface area contributed by atoms with Gasteiger partial charge in [0.05, 0.1) is 0 Å². The molecule has 1 aliphatic heterocycles. The molecule has 2 heteroatoms. The molecule has 0 bridgehead atoms. The standard InChI is InChI=1S/C13H19NO/c1-10-6-5-7-11-12(10)15-9-14(4)8-13(11,2)3/h5-7H,8-9H2,1-4H3. The number of rotatable bonds is 0. The highest BCUT2D eigenvalue weighted by Crippen LogP contribution is 2.36. The molecule has 1 aromatic rings. The molecule has 0 radical (unpaired) electrons. The molecular weight excluding hydrogens is 186 g/mol. The summed E-state index contributed by atoms with van der Waals surface area (Å²) in [6.45, 7) is 8.37. The lowest BCUT2D eigenvalue weighted by atomic mass is 9.83. The smallest absolute Gasteiger partial charge is 0.141 e. The molecule has 0 amide bonds. The van der Waals surface area contributed by atoms with Gasteiger partial charge in [-0.1, -0.05) is 32.0 Å². The van der Waals surface area contributed by atoms with Crippen molar-refractivity contribution in [3.8, 4) is 5.75 Å². The van der Waals surface area contributed by atoms with E-state index >= 15 is 0 Å². The minimum atomic E-state index is 0.159. The summed E-state index contributed by atoms with van der Waals surface area (Å²) >= 11 is 0. The number of aryl methyl sites for hydroxylation is 1. The molecule has 0 saturated carbocycles. The topological polar surface area (TPSA) is 12.5 Å². The highest BCUT2D eigenvalue weighted by atomic mass is 16.5. The van der Waals surface area contributed by atoms with Crippen LogP contribution in [0.1, 0.15) is 25.0 Å². The molecule has 0 atom stereocenters. The molecule has 1 aliphatic rings. The lowest BCUT2D eigenvalue weighted by Gasteiger charge is -2.27. The largest absolute Gasteiger partial charge is 0.478 e. The van der Waals surface area contributed by atoms with E-state index in [4.69, 9.17) is 4.74 Å².